The van der Waals surface area contributed by atoms with Gasteiger partial charge in [-0.25, -0.2) is 0 Å². The monoisotopic (exact) mass is 364 g/mol. The molecule has 23 heavy (non-hydrogen) atoms. The molecule has 0 spiro atoms. The van der Waals surface area contributed by atoms with Crippen molar-refractivity contribution in [1.82, 2.24) is 0 Å². The smallest absolute Gasteiger partial charge is 0.323 e. The molecule has 0 saturated carbocycles. The van der Waals surface area contributed by atoms with Crippen molar-refractivity contribution < 1.29 is 28.0 Å². The summed E-state index contributed by atoms with van der Waals surface area (Å²) in [5, 5.41) is -1.59. The highest BCUT2D eigenvalue weighted by molar-refractivity contribution is 7.71. The highest BCUT2D eigenvalue weighted by atomic mass is 31.2. The molecular weight excluding hydrogens is 338 g/mol. The van der Waals surface area contributed by atoms with Crippen molar-refractivity contribution in [2.45, 2.75) is 44.9 Å². The first kappa shape index (κ1) is 20.6. The fourth-order valence-electron chi connectivity index (χ4n) is 2.01. The maximum absolute atomic E-state index is 12.6. The summed E-state index contributed by atoms with van der Waals surface area (Å²) >= 11 is 0. The van der Waals surface area contributed by atoms with Crippen LogP contribution < -0.4 is 0 Å². The molecule has 0 bridgehead atoms. The van der Waals surface area contributed by atoms with Crippen LogP contribution in [0.15, 0.2) is 30.3 Å². The minimum atomic E-state index is -4.36. The standard InChI is InChI=1S/C15H26O6P2/c1-3-5-12-20-22(16,17)15(14-10-8-7-9-11-14)23(18,19)21-13-6-4-2/h7-11,15H,3-6,12-13H2,1-2H3,(H,16,17)(H,18,19). The molecule has 1 rings (SSSR count). The quantitative estimate of drug-likeness (QED) is 0.437. The average Bonchev–Trinajstić information content (AvgIpc) is 2.48. The Morgan fingerprint density at radius 2 is 1.35 bits per heavy atom. The Hall–Kier alpha value is -0.480. The molecule has 2 atom stereocenters. The fourth-order valence-corrected chi connectivity index (χ4v) is 6.04. The van der Waals surface area contributed by atoms with Crippen molar-refractivity contribution >= 4 is 15.2 Å². The van der Waals surface area contributed by atoms with Gasteiger partial charge in [0.05, 0.1) is 13.2 Å². The number of rotatable bonds is 11. The van der Waals surface area contributed by atoms with Gasteiger partial charge in [0.25, 0.3) is 0 Å². The lowest BCUT2D eigenvalue weighted by molar-refractivity contribution is 0.231. The predicted octanol–water partition coefficient (Wildman–Crippen LogP) is 4.69. The molecule has 0 saturated heterocycles. The van der Waals surface area contributed by atoms with Gasteiger partial charge < -0.3 is 18.8 Å². The van der Waals surface area contributed by atoms with Gasteiger partial charge in [-0.1, -0.05) is 57.0 Å². The molecule has 1 aromatic rings. The molecule has 0 radical (unpaired) electrons. The van der Waals surface area contributed by atoms with Gasteiger partial charge in [-0.15, -0.1) is 0 Å². The lowest BCUT2D eigenvalue weighted by atomic mass is 10.2. The summed E-state index contributed by atoms with van der Waals surface area (Å²) in [5.41, 5.74) is 0.261. The highest BCUT2D eigenvalue weighted by Gasteiger charge is 2.48. The van der Waals surface area contributed by atoms with Crippen molar-refractivity contribution in [3.05, 3.63) is 35.9 Å². The van der Waals surface area contributed by atoms with E-state index >= 15 is 0 Å². The second-order valence-electron chi connectivity index (χ2n) is 5.29. The van der Waals surface area contributed by atoms with E-state index in [1.54, 1.807) is 18.2 Å². The van der Waals surface area contributed by atoms with Crippen LogP contribution >= 0.6 is 15.2 Å². The summed E-state index contributed by atoms with van der Waals surface area (Å²) in [6.07, 6.45) is 2.77. The van der Waals surface area contributed by atoms with Crippen LogP contribution in [0, 0.1) is 0 Å². The van der Waals surface area contributed by atoms with Gasteiger partial charge in [0, 0.05) is 0 Å². The highest BCUT2D eigenvalue weighted by Crippen LogP contribution is 2.74. The number of benzene rings is 1. The van der Waals surface area contributed by atoms with E-state index in [0.717, 1.165) is 12.8 Å². The van der Waals surface area contributed by atoms with Crippen molar-refractivity contribution in [3.8, 4) is 0 Å². The molecule has 0 aliphatic heterocycles. The predicted molar refractivity (Wildman–Crippen MR) is 90.6 cm³/mol. The second kappa shape index (κ2) is 9.73. The minimum Gasteiger partial charge on any atom is -0.323 e. The molecule has 0 fully saturated rings. The summed E-state index contributed by atoms with van der Waals surface area (Å²) < 4.78 is 35.3. The Labute approximate surface area is 137 Å². The van der Waals surface area contributed by atoms with Crippen LogP contribution in [-0.2, 0) is 18.2 Å². The van der Waals surface area contributed by atoms with Crippen LogP contribution in [0.25, 0.3) is 0 Å². The Kier molecular flexibility index (Phi) is 8.70. The third-order valence-corrected chi connectivity index (χ3v) is 7.95. The van der Waals surface area contributed by atoms with E-state index in [4.69, 9.17) is 9.05 Å². The first-order chi connectivity index (χ1) is 10.8. The zero-order chi connectivity index (χ0) is 17.3. The van der Waals surface area contributed by atoms with E-state index in [1.165, 1.54) is 12.1 Å². The molecule has 0 aliphatic rings. The van der Waals surface area contributed by atoms with Gasteiger partial charge in [0.15, 0.2) is 5.40 Å². The molecular formula is C15H26O6P2. The van der Waals surface area contributed by atoms with Crippen molar-refractivity contribution in [2.24, 2.45) is 0 Å². The Morgan fingerprint density at radius 3 is 1.74 bits per heavy atom. The van der Waals surface area contributed by atoms with Crippen LogP contribution in [0.1, 0.15) is 50.5 Å². The zero-order valence-corrected chi connectivity index (χ0v) is 15.4. The number of unbranched alkanes of at least 4 members (excludes halogenated alkanes) is 2. The van der Waals surface area contributed by atoms with Gasteiger partial charge in [-0.3, -0.25) is 9.13 Å². The van der Waals surface area contributed by atoms with E-state index in [1.807, 2.05) is 13.8 Å². The Morgan fingerprint density at radius 1 is 0.913 bits per heavy atom. The van der Waals surface area contributed by atoms with Crippen molar-refractivity contribution in [3.63, 3.8) is 0 Å². The fraction of sp³-hybridized carbons (Fsp3) is 0.600. The third kappa shape index (κ3) is 6.50. The first-order valence-electron chi connectivity index (χ1n) is 7.84. The van der Waals surface area contributed by atoms with E-state index in [0.29, 0.717) is 12.8 Å². The molecule has 1 aromatic carbocycles. The molecule has 8 heteroatoms. The van der Waals surface area contributed by atoms with E-state index < -0.39 is 20.6 Å². The summed E-state index contributed by atoms with van der Waals surface area (Å²) in [5.74, 6) is 0. The molecule has 132 valence electrons. The molecule has 0 aromatic heterocycles. The lowest BCUT2D eigenvalue weighted by Crippen LogP contribution is -2.08. The van der Waals surface area contributed by atoms with Crippen LogP contribution in [0.3, 0.4) is 0 Å². The van der Waals surface area contributed by atoms with Gasteiger partial charge in [0.2, 0.25) is 0 Å². The first-order valence-corrected chi connectivity index (χ1v) is 11.1. The van der Waals surface area contributed by atoms with Gasteiger partial charge in [-0.2, -0.15) is 0 Å². The van der Waals surface area contributed by atoms with Crippen molar-refractivity contribution in [2.75, 3.05) is 13.2 Å². The molecule has 2 N–H and O–H groups in total. The van der Waals surface area contributed by atoms with Crippen LogP contribution in [0.5, 0.6) is 0 Å². The maximum atomic E-state index is 12.6. The molecule has 0 amide bonds. The summed E-state index contributed by atoms with van der Waals surface area (Å²) in [6.45, 7) is 3.96. The van der Waals surface area contributed by atoms with Crippen LogP contribution in [0.4, 0.5) is 0 Å². The largest absolute Gasteiger partial charge is 0.347 e. The topological polar surface area (TPSA) is 93.1 Å². The van der Waals surface area contributed by atoms with E-state index in [2.05, 4.69) is 0 Å². The number of hydrogen-bond donors (Lipinski definition) is 2. The lowest BCUT2D eigenvalue weighted by Gasteiger charge is -2.26. The third-order valence-electron chi connectivity index (χ3n) is 3.26. The molecule has 2 unspecified atom stereocenters. The van der Waals surface area contributed by atoms with Crippen LogP contribution in [-0.4, -0.2) is 23.0 Å². The van der Waals surface area contributed by atoms with Crippen LogP contribution in [0.2, 0.25) is 0 Å². The Bertz CT molecular complexity index is 518. The number of hydrogen-bond acceptors (Lipinski definition) is 4. The second-order valence-corrected chi connectivity index (χ2v) is 9.50. The van der Waals surface area contributed by atoms with Gasteiger partial charge >= 0.3 is 15.2 Å². The molecule has 0 heterocycles. The summed E-state index contributed by atoms with van der Waals surface area (Å²) in [4.78, 5) is 20.5. The minimum absolute atomic E-state index is 0.0581. The van der Waals surface area contributed by atoms with E-state index in [9.17, 15) is 18.9 Å². The summed E-state index contributed by atoms with van der Waals surface area (Å²) in [7, 11) is -8.73. The SMILES string of the molecule is CCCCOP(=O)(O)C(c1ccccc1)P(=O)(O)OCCCC. The molecule has 6 nitrogen and oxygen atoms in total. The van der Waals surface area contributed by atoms with Crippen molar-refractivity contribution in [1.29, 1.82) is 0 Å². The van der Waals surface area contributed by atoms with Gasteiger partial charge in [0.1, 0.15) is 0 Å². The maximum Gasteiger partial charge on any atom is 0.347 e. The summed E-state index contributed by atoms with van der Waals surface area (Å²) in [6, 6.07) is 8.06. The average molecular weight is 364 g/mol. The molecule has 0 aliphatic carbocycles. The van der Waals surface area contributed by atoms with E-state index in [-0.39, 0.29) is 18.8 Å². The van der Waals surface area contributed by atoms with Gasteiger partial charge in [-0.05, 0) is 18.4 Å². The Balaban J connectivity index is 3.07. The normalized spacial score (nSPS) is 18.1. The zero-order valence-electron chi connectivity index (χ0n) is 13.6.